The Labute approximate surface area is 177 Å². The first-order valence-electron chi connectivity index (χ1n) is 8.50. The molecule has 0 heterocycles. The largest absolute Gasteiger partial charge is 0.481 e. The first-order chi connectivity index (χ1) is 13.4. The molecule has 7 heteroatoms. The predicted molar refractivity (Wildman–Crippen MR) is 115 cm³/mol. The van der Waals surface area contributed by atoms with Crippen LogP contribution in [0.5, 0.6) is 5.75 Å². The maximum atomic E-state index is 12.4. The predicted octanol–water partition coefficient (Wildman–Crippen LogP) is 4.09. The number of nitrogens with one attached hydrogen (secondary N) is 1. The Morgan fingerprint density at radius 1 is 1.25 bits per heavy atom. The number of esters is 1. The van der Waals surface area contributed by atoms with Crippen molar-refractivity contribution >= 4 is 46.2 Å². The van der Waals surface area contributed by atoms with E-state index >= 15 is 0 Å². The fraction of sp³-hybridized carbons (Fsp3) is 0.190. The molecule has 0 bridgehead atoms. The summed E-state index contributed by atoms with van der Waals surface area (Å²) in [5.41, 5.74) is 2.29. The summed E-state index contributed by atoms with van der Waals surface area (Å²) in [4.78, 5) is 23.8. The third kappa shape index (κ3) is 6.39. The number of carbonyl (C=O) groups is 2. The molecule has 0 aliphatic heterocycles. The standard InChI is InChI=1S/C21H19IN2O4/c1-3-27-20(25)13-28-19-8-7-15(11-18(19)22)10-16(12-23)21(26)24-17-6-4-5-14(2)9-17/h4-11H,3,13H2,1-2H3,(H,24,26)/b16-10-. The van der Waals surface area contributed by atoms with E-state index in [-0.39, 0.29) is 12.2 Å². The van der Waals surface area contributed by atoms with Gasteiger partial charge in [0.1, 0.15) is 17.4 Å². The van der Waals surface area contributed by atoms with Crippen LogP contribution in [0.4, 0.5) is 5.69 Å². The second-order valence-electron chi connectivity index (χ2n) is 5.78. The van der Waals surface area contributed by atoms with Gasteiger partial charge in [0.25, 0.3) is 5.91 Å². The Morgan fingerprint density at radius 2 is 2.04 bits per heavy atom. The zero-order chi connectivity index (χ0) is 20.5. The molecule has 6 nitrogen and oxygen atoms in total. The van der Waals surface area contributed by atoms with Crippen molar-refractivity contribution in [3.63, 3.8) is 0 Å². The van der Waals surface area contributed by atoms with Crippen LogP contribution < -0.4 is 10.1 Å². The second-order valence-corrected chi connectivity index (χ2v) is 6.94. The highest BCUT2D eigenvalue weighted by molar-refractivity contribution is 14.1. The van der Waals surface area contributed by atoms with Crippen LogP contribution in [-0.4, -0.2) is 25.1 Å². The van der Waals surface area contributed by atoms with Crippen LogP contribution >= 0.6 is 22.6 Å². The molecule has 28 heavy (non-hydrogen) atoms. The lowest BCUT2D eigenvalue weighted by Gasteiger charge is -2.09. The van der Waals surface area contributed by atoms with Crippen LogP contribution in [0, 0.1) is 21.8 Å². The van der Waals surface area contributed by atoms with Gasteiger partial charge < -0.3 is 14.8 Å². The molecule has 2 rings (SSSR count). The Morgan fingerprint density at radius 3 is 2.68 bits per heavy atom. The zero-order valence-electron chi connectivity index (χ0n) is 15.5. The number of hydrogen-bond donors (Lipinski definition) is 1. The number of halogens is 1. The molecule has 0 saturated heterocycles. The summed E-state index contributed by atoms with van der Waals surface area (Å²) in [5.74, 6) is -0.402. The van der Waals surface area contributed by atoms with Crippen molar-refractivity contribution in [2.75, 3.05) is 18.5 Å². The number of nitrogens with zero attached hydrogens (tertiary/aromatic N) is 1. The maximum absolute atomic E-state index is 12.4. The molecular formula is C21H19IN2O4. The van der Waals surface area contributed by atoms with E-state index in [1.54, 1.807) is 31.2 Å². The van der Waals surface area contributed by atoms with Crippen molar-refractivity contribution in [2.45, 2.75) is 13.8 Å². The summed E-state index contributed by atoms with van der Waals surface area (Å²) < 4.78 is 11.0. The van der Waals surface area contributed by atoms with E-state index in [1.165, 1.54) is 6.08 Å². The number of rotatable bonds is 7. The van der Waals surface area contributed by atoms with Gasteiger partial charge in [-0.25, -0.2) is 4.79 Å². The highest BCUT2D eigenvalue weighted by Crippen LogP contribution is 2.23. The quantitative estimate of drug-likeness (QED) is 0.274. The number of aryl methyl sites for hydroxylation is 1. The average Bonchev–Trinajstić information content (AvgIpc) is 2.65. The first-order valence-corrected chi connectivity index (χ1v) is 9.58. The fourth-order valence-electron chi connectivity index (χ4n) is 2.30. The van der Waals surface area contributed by atoms with E-state index in [2.05, 4.69) is 27.9 Å². The van der Waals surface area contributed by atoms with Gasteiger partial charge in [0.15, 0.2) is 6.61 Å². The average molecular weight is 490 g/mol. The second kappa shape index (κ2) is 10.5. The molecule has 0 atom stereocenters. The summed E-state index contributed by atoms with van der Waals surface area (Å²) in [6, 6.07) is 14.4. The van der Waals surface area contributed by atoms with Crippen molar-refractivity contribution in [1.29, 1.82) is 5.26 Å². The van der Waals surface area contributed by atoms with Gasteiger partial charge in [-0.3, -0.25) is 4.79 Å². The van der Waals surface area contributed by atoms with Gasteiger partial charge in [0, 0.05) is 5.69 Å². The van der Waals surface area contributed by atoms with Crippen LogP contribution in [0.2, 0.25) is 0 Å². The lowest BCUT2D eigenvalue weighted by Crippen LogP contribution is -2.15. The lowest BCUT2D eigenvalue weighted by atomic mass is 10.1. The highest BCUT2D eigenvalue weighted by Gasteiger charge is 2.11. The van der Waals surface area contributed by atoms with Crippen LogP contribution in [-0.2, 0) is 14.3 Å². The van der Waals surface area contributed by atoms with E-state index in [0.29, 0.717) is 23.6 Å². The van der Waals surface area contributed by atoms with Crippen molar-refractivity contribution in [2.24, 2.45) is 0 Å². The molecule has 0 unspecified atom stereocenters. The SMILES string of the molecule is CCOC(=O)COc1ccc(/C=C(/C#N)C(=O)Nc2cccc(C)c2)cc1I. The molecule has 144 valence electrons. The van der Waals surface area contributed by atoms with Gasteiger partial charge in [-0.1, -0.05) is 18.2 Å². The molecule has 1 amide bonds. The molecule has 0 aliphatic carbocycles. The monoisotopic (exact) mass is 490 g/mol. The third-order valence-electron chi connectivity index (χ3n) is 3.56. The van der Waals surface area contributed by atoms with Crippen LogP contribution in [0.3, 0.4) is 0 Å². The number of anilines is 1. The Bertz CT molecular complexity index is 948. The summed E-state index contributed by atoms with van der Waals surface area (Å²) in [6.45, 7) is 3.76. The van der Waals surface area contributed by atoms with Gasteiger partial charge in [-0.2, -0.15) is 5.26 Å². The van der Waals surface area contributed by atoms with Crippen molar-refractivity contribution in [3.8, 4) is 11.8 Å². The van der Waals surface area contributed by atoms with Gasteiger partial charge in [0.2, 0.25) is 0 Å². The molecule has 0 aliphatic rings. The smallest absolute Gasteiger partial charge is 0.344 e. The number of carbonyl (C=O) groups excluding carboxylic acids is 2. The number of amides is 1. The van der Waals surface area contributed by atoms with E-state index in [0.717, 1.165) is 9.13 Å². The minimum absolute atomic E-state index is 0.0162. The van der Waals surface area contributed by atoms with Gasteiger partial charge in [-0.15, -0.1) is 0 Å². The first kappa shape index (κ1) is 21.4. The highest BCUT2D eigenvalue weighted by atomic mass is 127. The molecule has 0 spiro atoms. The topological polar surface area (TPSA) is 88.4 Å². The molecule has 0 saturated carbocycles. The van der Waals surface area contributed by atoms with E-state index < -0.39 is 11.9 Å². The van der Waals surface area contributed by atoms with Crippen LogP contribution in [0.15, 0.2) is 48.0 Å². The third-order valence-corrected chi connectivity index (χ3v) is 4.40. The van der Waals surface area contributed by atoms with E-state index in [9.17, 15) is 14.9 Å². The lowest BCUT2D eigenvalue weighted by molar-refractivity contribution is -0.145. The Balaban J connectivity index is 2.11. The molecule has 2 aromatic carbocycles. The summed E-state index contributed by atoms with van der Waals surface area (Å²) >= 11 is 2.06. The van der Waals surface area contributed by atoms with E-state index in [1.807, 2.05) is 31.2 Å². The number of benzene rings is 2. The van der Waals surface area contributed by atoms with Crippen molar-refractivity contribution in [3.05, 3.63) is 62.7 Å². The van der Waals surface area contributed by atoms with Crippen LogP contribution in [0.25, 0.3) is 6.08 Å². The van der Waals surface area contributed by atoms with E-state index in [4.69, 9.17) is 9.47 Å². The number of nitriles is 1. The van der Waals surface area contributed by atoms with Crippen molar-refractivity contribution in [1.82, 2.24) is 0 Å². The zero-order valence-corrected chi connectivity index (χ0v) is 17.6. The number of ether oxygens (including phenoxy) is 2. The summed E-state index contributed by atoms with van der Waals surface area (Å²) in [5, 5.41) is 12.1. The van der Waals surface area contributed by atoms with Gasteiger partial charge >= 0.3 is 5.97 Å². The molecule has 0 radical (unpaired) electrons. The van der Waals surface area contributed by atoms with Gasteiger partial charge in [0.05, 0.1) is 10.2 Å². The Kier molecular flexibility index (Phi) is 8.02. The molecule has 2 aromatic rings. The van der Waals surface area contributed by atoms with Crippen LogP contribution in [0.1, 0.15) is 18.1 Å². The molecule has 0 fully saturated rings. The minimum Gasteiger partial charge on any atom is -0.481 e. The Hall–Kier alpha value is -2.86. The fourth-order valence-corrected chi connectivity index (χ4v) is 2.99. The summed E-state index contributed by atoms with van der Waals surface area (Å²) in [6.07, 6.45) is 1.50. The molecular weight excluding hydrogens is 471 g/mol. The van der Waals surface area contributed by atoms with Crippen molar-refractivity contribution < 1.29 is 19.1 Å². The molecule has 1 N–H and O–H groups in total. The number of hydrogen-bond acceptors (Lipinski definition) is 5. The minimum atomic E-state index is -0.481. The summed E-state index contributed by atoms with van der Waals surface area (Å²) in [7, 11) is 0. The maximum Gasteiger partial charge on any atom is 0.344 e. The normalized spacial score (nSPS) is 10.7. The molecule has 0 aromatic heterocycles. The van der Waals surface area contributed by atoms with Gasteiger partial charge in [-0.05, 0) is 77.9 Å².